The van der Waals surface area contributed by atoms with E-state index in [4.69, 9.17) is 11.2 Å². The molecule has 0 heterocycles. The smallest absolute Gasteiger partial charge is 0.408 e. The standard InChI is InChI=1S/C35H49N3O4/c1-11-27-17-13-14-18-28(27)31(32(39)36-29-19-15-12-16-25(29)6)38(26(7)21-20-23(2)3)33(40)30(22-24(4)5)37-34(41)42-35(8,9)10/h1,12-19,23-24,26,30-31H,20-22H2,2-10H3,(H,36,39)(H,37,41). The van der Waals surface area contributed by atoms with Crippen molar-refractivity contribution >= 4 is 23.6 Å². The molecule has 0 aliphatic heterocycles. The topological polar surface area (TPSA) is 87.7 Å². The quantitative estimate of drug-likeness (QED) is 0.261. The maximum Gasteiger partial charge on any atom is 0.408 e. The minimum atomic E-state index is -1.04. The molecule has 0 bridgehead atoms. The van der Waals surface area contributed by atoms with Gasteiger partial charge in [0.05, 0.1) is 0 Å². The predicted molar refractivity (Wildman–Crippen MR) is 170 cm³/mol. The van der Waals surface area contributed by atoms with Crippen molar-refractivity contribution in [1.29, 1.82) is 0 Å². The third kappa shape index (κ3) is 10.2. The van der Waals surface area contributed by atoms with Crippen LogP contribution >= 0.6 is 0 Å². The van der Waals surface area contributed by atoms with Gasteiger partial charge in [0.25, 0.3) is 5.91 Å². The number of benzene rings is 2. The SMILES string of the molecule is C#Cc1ccccc1C(C(=O)Nc1ccccc1C)N(C(=O)C(CC(C)C)NC(=O)OC(C)(C)C)C(C)CCC(C)C. The van der Waals surface area contributed by atoms with E-state index in [1.807, 2.05) is 64.1 Å². The highest BCUT2D eigenvalue weighted by molar-refractivity contribution is 5.99. The zero-order valence-corrected chi connectivity index (χ0v) is 26.8. The molecule has 0 fully saturated rings. The first-order valence-electron chi connectivity index (χ1n) is 14.9. The van der Waals surface area contributed by atoms with Crippen LogP contribution in [-0.4, -0.2) is 40.5 Å². The second kappa shape index (κ2) is 15.4. The fourth-order valence-corrected chi connectivity index (χ4v) is 4.83. The van der Waals surface area contributed by atoms with Gasteiger partial charge in [-0.05, 0) is 89.0 Å². The van der Waals surface area contributed by atoms with Crippen LogP contribution in [0.1, 0.15) is 97.4 Å². The summed E-state index contributed by atoms with van der Waals surface area (Å²) >= 11 is 0. The molecule has 0 saturated carbocycles. The van der Waals surface area contributed by atoms with Gasteiger partial charge >= 0.3 is 6.09 Å². The molecule has 0 aliphatic carbocycles. The lowest BCUT2D eigenvalue weighted by molar-refractivity contribution is -0.144. The molecule has 7 heteroatoms. The summed E-state index contributed by atoms with van der Waals surface area (Å²) in [6.07, 6.45) is 7.11. The number of nitrogens with zero attached hydrogens (tertiary/aromatic N) is 1. The summed E-state index contributed by atoms with van der Waals surface area (Å²) in [5.41, 5.74) is 1.89. The largest absolute Gasteiger partial charge is 0.444 e. The summed E-state index contributed by atoms with van der Waals surface area (Å²) in [5.74, 6) is 2.44. The van der Waals surface area contributed by atoms with Crippen molar-refractivity contribution in [1.82, 2.24) is 10.2 Å². The molecule has 3 unspecified atom stereocenters. The first-order chi connectivity index (χ1) is 19.6. The highest BCUT2D eigenvalue weighted by Gasteiger charge is 2.40. The number of rotatable bonds is 12. The molecule has 3 atom stereocenters. The fourth-order valence-electron chi connectivity index (χ4n) is 4.83. The molecule has 0 aliphatic rings. The summed E-state index contributed by atoms with van der Waals surface area (Å²) in [7, 11) is 0. The Bertz CT molecular complexity index is 1260. The van der Waals surface area contributed by atoms with Crippen LogP contribution in [0.4, 0.5) is 10.5 Å². The molecule has 228 valence electrons. The van der Waals surface area contributed by atoms with E-state index in [1.54, 1.807) is 37.8 Å². The summed E-state index contributed by atoms with van der Waals surface area (Å²) < 4.78 is 5.51. The molecule has 42 heavy (non-hydrogen) atoms. The molecule has 0 aromatic heterocycles. The molecule has 2 rings (SSSR count). The molecule has 0 spiro atoms. The lowest BCUT2D eigenvalue weighted by Crippen LogP contribution is -2.55. The maximum absolute atomic E-state index is 14.6. The monoisotopic (exact) mass is 575 g/mol. The van der Waals surface area contributed by atoms with Crippen LogP contribution in [0.5, 0.6) is 0 Å². The van der Waals surface area contributed by atoms with E-state index in [2.05, 4.69) is 30.4 Å². The van der Waals surface area contributed by atoms with Crippen molar-refractivity contribution in [2.75, 3.05) is 5.32 Å². The number of carbonyl (C=O) groups is 3. The van der Waals surface area contributed by atoms with Gasteiger partial charge in [-0.15, -0.1) is 6.42 Å². The van der Waals surface area contributed by atoms with E-state index in [1.165, 1.54) is 0 Å². The number of nitrogens with one attached hydrogen (secondary N) is 2. The second-order valence-corrected chi connectivity index (χ2v) is 12.8. The van der Waals surface area contributed by atoms with Crippen LogP contribution in [-0.2, 0) is 14.3 Å². The van der Waals surface area contributed by atoms with E-state index in [0.29, 0.717) is 35.6 Å². The highest BCUT2D eigenvalue weighted by atomic mass is 16.6. The van der Waals surface area contributed by atoms with Crippen molar-refractivity contribution in [2.45, 2.75) is 105 Å². The van der Waals surface area contributed by atoms with Gasteiger partial charge in [-0.3, -0.25) is 9.59 Å². The van der Waals surface area contributed by atoms with Crippen LogP contribution < -0.4 is 10.6 Å². The normalized spacial score (nSPS) is 13.6. The van der Waals surface area contributed by atoms with Gasteiger partial charge in [-0.2, -0.15) is 0 Å². The van der Waals surface area contributed by atoms with E-state index >= 15 is 0 Å². The zero-order chi connectivity index (χ0) is 31.6. The average Bonchev–Trinajstić information content (AvgIpc) is 2.89. The van der Waals surface area contributed by atoms with E-state index < -0.39 is 23.8 Å². The Morgan fingerprint density at radius 3 is 2.12 bits per heavy atom. The number of alkyl carbamates (subject to hydrolysis) is 1. The number of aryl methyl sites for hydroxylation is 1. The van der Waals surface area contributed by atoms with E-state index in [9.17, 15) is 14.4 Å². The number of amides is 3. The van der Waals surface area contributed by atoms with Crippen LogP contribution in [0.15, 0.2) is 48.5 Å². The third-order valence-electron chi connectivity index (χ3n) is 6.93. The molecule has 2 aromatic carbocycles. The molecular formula is C35H49N3O4. The summed E-state index contributed by atoms with van der Waals surface area (Å²) in [5, 5.41) is 5.87. The summed E-state index contributed by atoms with van der Waals surface area (Å²) in [6, 6.07) is 12.4. The lowest BCUT2D eigenvalue weighted by atomic mass is 9.93. The molecule has 7 nitrogen and oxygen atoms in total. The molecule has 2 N–H and O–H groups in total. The molecule has 3 amide bonds. The van der Waals surface area contributed by atoms with E-state index in [-0.39, 0.29) is 23.8 Å². The van der Waals surface area contributed by atoms with Crippen molar-refractivity contribution in [3.05, 3.63) is 65.2 Å². The minimum absolute atomic E-state index is 0.0824. The predicted octanol–water partition coefficient (Wildman–Crippen LogP) is 7.25. The van der Waals surface area contributed by atoms with Gasteiger partial charge in [0.1, 0.15) is 17.7 Å². The average molecular weight is 576 g/mol. The number of ether oxygens (including phenoxy) is 1. The maximum atomic E-state index is 14.6. The Hall–Kier alpha value is -3.79. The first kappa shape index (κ1) is 34.4. The number of hydrogen-bond donors (Lipinski definition) is 2. The highest BCUT2D eigenvalue weighted by Crippen LogP contribution is 2.31. The Morgan fingerprint density at radius 2 is 1.55 bits per heavy atom. The Kier molecular flexibility index (Phi) is 12.7. The van der Waals surface area contributed by atoms with E-state index in [0.717, 1.165) is 12.0 Å². The minimum Gasteiger partial charge on any atom is -0.444 e. The fraction of sp³-hybridized carbons (Fsp3) is 0.514. The Balaban J connectivity index is 2.70. The second-order valence-electron chi connectivity index (χ2n) is 12.8. The zero-order valence-electron chi connectivity index (χ0n) is 26.8. The molecule has 0 radical (unpaired) electrons. The number of hydrogen-bond acceptors (Lipinski definition) is 4. The number of carbonyl (C=O) groups excluding carboxylic acids is 3. The first-order valence-corrected chi connectivity index (χ1v) is 14.9. The molecule has 2 aromatic rings. The third-order valence-corrected chi connectivity index (χ3v) is 6.93. The lowest BCUT2D eigenvalue weighted by Gasteiger charge is -2.39. The summed E-state index contributed by atoms with van der Waals surface area (Å²) in [6.45, 7) is 17.4. The molecule has 0 saturated heterocycles. The van der Waals surface area contributed by atoms with Crippen LogP contribution in [0.2, 0.25) is 0 Å². The van der Waals surface area contributed by atoms with Gasteiger partial charge in [0, 0.05) is 17.3 Å². The van der Waals surface area contributed by atoms with Gasteiger partial charge < -0.3 is 20.3 Å². The number of terminal acetylenes is 1. The van der Waals surface area contributed by atoms with Crippen LogP contribution in [0, 0.1) is 31.1 Å². The Labute approximate surface area is 252 Å². The van der Waals surface area contributed by atoms with Crippen LogP contribution in [0.25, 0.3) is 0 Å². The Morgan fingerprint density at radius 1 is 0.929 bits per heavy atom. The summed E-state index contributed by atoms with van der Waals surface area (Å²) in [4.78, 5) is 43.4. The molecular weight excluding hydrogens is 526 g/mol. The number of para-hydroxylation sites is 1. The van der Waals surface area contributed by atoms with Gasteiger partial charge in [-0.1, -0.05) is 70.0 Å². The van der Waals surface area contributed by atoms with Crippen LogP contribution in [0.3, 0.4) is 0 Å². The van der Waals surface area contributed by atoms with Crippen molar-refractivity contribution in [3.63, 3.8) is 0 Å². The van der Waals surface area contributed by atoms with Gasteiger partial charge in [0.2, 0.25) is 5.91 Å². The van der Waals surface area contributed by atoms with Gasteiger partial charge in [-0.25, -0.2) is 4.79 Å². The van der Waals surface area contributed by atoms with Gasteiger partial charge in [0.15, 0.2) is 0 Å². The van der Waals surface area contributed by atoms with Crippen molar-refractivity contribution < 1.29 is 19.1 Å². The number of anilines is 1. The van der Waals surface area contributed by atoms with Crippen molar-refractivity contribution in [3.8, 4) is 12.3 Å². The van der Waals surface area contributed by atoms with Crippen molar-refractivity contribution in [2.24, 2.45) is 11.8 Å².